The lowest BCUT2D eigenvalue weighted by molar-refractivity contribution is 0.362. The number of benzene rings is 1. The summed E-state index contributed by atoms with van der Waals surface area (Å²) in [7, 11) is 0. The van der Waals surface area contributed by atoms with E-state index in [9.17, 15) is 0 Å². The maximum Gasteiger partial charge on any atom is 0.119 e. The Morgan fingerprint density at radius 2 is 2.00 bits per heavy atom. The topological polar surface area (TPSA) is 9.23 Å². The van der Waals surface area contributed by atoms with Crippen LogP contribution in [0.1, 0.15) is 0 Å². The van der Waals surface area contributed by atoms with Crippen LogP contribution >= 0.6 is 35.0 Å². The molecule has 76 valence electrons. The van der Waals surface area contributed by atoms with Gasteiger partial charge in [-0.15, -0.1) is 11.8 Å². The normalized spacial score (nSPS) is 9.64. The number of halogens is 2. The zero-order chi connectivity index (χ0) is 10.4. The minimum Gasteiger partial charge on any atom is -0.489 e. The van der Waals surface area contributed by atoms with Crippen LogP contribution in [0.3, 0.4) is 0 Å². The first-order valence-electron chi connectivity index (χ1n) is 4.00. The first-order valence-corrected chi connectivity index (χ1v) is 5.98. The van der Waals surface area contributed by atoms with Crippen molar-refractivity contribution in [2.75, 3.05) is 12.9 Å². The van der Waals surface area contributed by atoms with E-state index in [2.05, 4.69) is 0 Å². The van der Waals surface area contributed by atoms with Crippen LogP contribution in [0.4, 0.5) is 0 Å². The van der Waals surface area contributed by atoms with Crippen molar-refractivity contribution in [1.82, 2.24) is 0 Å². The van der Waals surface area contributed by atoms with E-state index in [1.54, 1.807) is 17.8 Å². The molecule has 1 nitrogen and oxygen atoms in total. The molecule has 0 N–H and O–H groups in total. The first-order chi connectivity index (χ1) is 6.72. The highest BCUT2D eigenvalue weighted by molar-refractivity contribution is 7.98. The second-order valence-corrected chi connectivity index (χ2v) is 4.37. The molecular formula is C10H10Cl2OS. The summed E-state index contributed by atoms with van der Waals surface area (Å²) in [6.07, 6.45) is 3.64. The minimum atomic E-state index is 0.228. The zero-order valence-electron chi connectivity index (χ0n) is 7.67. The number of hydrogen-bond acceptors (Lipinski definition) is 2. The van der Waals surface area contributed by atoms with Gasteiger partial charge in [0.25, 0.3) is 0 Å². The number of rotatable bonds is 4. The van der Waals surface area contributed by atoms with E-state index in [0.717, 1.165) is 5.75 Å². The molecule has 0 saturated heterocycles. The third kappa shape index (κ3) is 4.27. The molecular weight excluding hydrogens is 239 g/mol. The largest absolute Gasteiger partial charge is 0.489 e. The molecule has 14 heavy (non-hydrogen) atoms. The van der Waals surface area contributed by atoms with E-state index in [1.807, 2.05) is 30.5 Å². The van der Waals surface area contributed by atoms with Gasteiger partial charge < -0.3 is 4.74 Å². The second-order valence-electron chi connectivity index (χ2n) is 2.48. The Hall–Kier alpha value is -0.310. The average molecular weight is 249 g/mol. The third-order valence-electron chi connectivity index (χ3n) is 1.55. The molecule has 0 aliphatic carbocycles. The molecule has 0 aliphatic rings. The molecule has 0 aliphatic heterocycles. The molecule has 1 rings (SSSR count). The van der Waals surface area contributed by atoms with Gasteiger partial charge in [0.1, 0.15) is 16.8 Å². The van der Waals surface area contributed by atoms with Crippen LogP contribution in [0.25, 0.3) is 0 Å². The van der Waals surface area contributed by atoms with Crippen LogP contribution in [-0.2, 0) is 0 Å². The molecule has 0 saturated carbocycles. The summed E-state index contributed by atoms with van der Waals surface area (Å²) in [6, 6.07) is 7.85. The lowest BCUT2D eigenvalue weighted by Gasteiger charge is -2.03. The van der Waals surface area contributed by atoms with Crippen molar-refractivity contribution in [2.24, 2.45) is 0 Å². The quantitative estimate of drug-likeness (QED) is 0.743. The smallest absolute Gasteiger partial charge is 0.119 e. The summed E-state index contributed by atoms with van der Waals surface area (Å²) in [4.78, 5) is 1.21. The molecule has 0 bridgehead atoms. The van der Waals surface area contributed by atoms with Gasteiger partial charge in [0.05, 0.1) is 0 Å². The summed E-state index contributed by atoms with van der Waals surface area (Å²) in [5, 5.41) is 0. The molecule has 0 unspecified atom stereocenters. The van der Waals surface area contributed by atoms with E-state index in [4.69, 9.17) is 27.9 Å². The first kappa shape index (κ1) is 11.8. The van der Waals surface area contributed by atoms with Crippen LogP contribution in [0, 0.1) is 0 Å². The molecule has 0 aromatic heterocycles. The fourth-order valence-corrected chi connectivity index (χ4v) is 1.41. The van der Waals surface area contributed by atoms with Gasteiger partial charge in [-0.05, 0) is 36.6 Å². The Balaban J connectivity index is 2.48. The molecule has 0 heterocycles. The molecule has 4 heteroatoms. The van der Waals surface area contributed by atoms with Gasteiger partial charge in [-0.2, -0.15) is 0 Å². The summed E-state index contributed by atoms with van der Waals surface area (Å²) >= 11 is 12.6. The van der Waals surface area contributed by atoms with Crippen molar-refractivity contribution in [2.45, 2.75) is 4.90 Å². The Kier molecular flexibility index (Phi) is 5.23. The van der Waals surface area contributed by atoms with Crippen LogP contribution in [0.2, 0.25) is 0 Å². The van der Waals surface area contributed by atoms with Crippen molar-refractivity contribution < 1.29 is 4.74 Å². The van der Waals surface area contributed by atoms with Gasteiger partial charge in [0.15, 0.2) is 0 Å². The Morgan fingerprint density at radius 3 is 2.50 bits per heavy atom. The number of thioether (sulfide) groups is 1. The van der Waals surface area contributed by atoms with Crippen LogP contribution in [-0.4, -0.2) is 12.9 Å². The third-order valence-corrected chi connectivity index (χ3v) is 2.60. The number of hydrogen-bond donors (Lipinski definition) is 0. The SMILES string of the molecule is CSc1ccc(OCC=C(Cl)Cl)cc1. The second kappa shape index (κ2) is 6.23. The molecule has 1 aromatic rings. The molecule has 0 spiro atoms. The fourth-order valence-electron chi connectivity index (χ4n) is 0.873. The summed E-state index contributed by atoms with van der Waals surface area (Å²) in [5.74, 6) is 0.814. The highest BCUT2D eigenvalue weighted by atomic mass is 35.5. The van der Waals surface area contributed by atoms with Crippen molar-refractivity contribution in [1.29, 1.82) is 0 Å². The van der Waals surface area contributed by atoms with Crippen molar-refractivity contribution in [3.8, 4) is 5.75 Å². The van der Waals surface area contributed by atoms with Crippen molar-refractivity contribution in [3.63, 3.8) is 0 Å². The average Bonchev–Trinajstić information content (AvgIpc) is 2.18. The standard InChI is InChI=1S/C10H10Cl2OS/c1-14-9-4-2-8(3-5-9)13-7-6-10(11)12/h2-6H,7H2,1H3. The maximum absolute atomic E-state index is 5.43. The number of ether oxygens (including phenoxy) is 1. The summed E-state index contributed by atoms with van der Waals surface area (Å²) < 4.78 is 5.59. The Bertz CT molecular complexity index is 304. The summed E-state index contributed by atoms with van der Waals surface area (Å²) in [6.45, 7) is 0.390. The Labute approximate surface area is 98.0 Å². The van der Waals surface area contributed by atoms with Gasteiger partial charge in [-0.25, -0.2) is 0 Å². The molecule has 0 amide bonds. The van der Waals surface area contributed by atoms with Gasteiger partial charge in [0, 0.05) is 4.90 Å². The van der Waals surface area contributed by atoms with Crippen LogP contribution in [0.15, 0.2) is 39.7 Å². The Morgan fingerprint density at radius 1 is 1.36 bits per heavy atom. The van der Waals surface area contributed by atoms with Crippen LogP contribution in [0.5, 0.6) is 5.75 Å². The van der Waals surface area contributed by atoms with Gasteiger partial charge in [0.2, 0.25) is 0 Å². The van der Waals surface area contributed by atoms with Gasteiger partial charge >= 0.3 is 0 Å². The maximum atomic E-state index is 5.43. The van der Waals surface area contributed by atoms with Crippen molar-refractivity contribution in [3.05, 3.63) is 34.8 Å². The lowest BCUT2D eigenvalue weighted by atomic mass is 10.3. The van der Waals surface area contributed by atoms with E-state index in [-0.39, 0.29) is 4.49 Å². The minimum absolute atomic E-state index is 0.228. The van der Waals surface area contributed by atoms with Crippen molar-refractivity contribution >= 4 is 35.0 Å². The highest BCUT2D eigenvalue weighted by Gasteiger charge is 1.93. The predicted molar refractivity (Wildman–Crippen MR) is 63.5 cm³/mol. The van der Waals surface area contributed by atoms with E-state index in [1.165, 1.54) is 4.90 Å². The lowest BCUT2D eigenvalue weighted by Crippen LogP contribution is -1.92. The monoisotopic (exact) mass is 248 g/mol. The zero-order valence-corrected chi connectivity index (χ0v) is 9.99. The molecule has 0 atom stereocenters. The van der Waals surface area contributed by atoms with Crippen LogP contribution < -0.4 is 4.74 Å². The van der Waals surface area contributed by atoms with E-state index in [0.29, 0.717) is 6.61 Å². The van der Waals surface area contributed by atoms with E-state index < -0.39 is 0 Å². The van der Waals surface area contributed by atoms with Gasteiger partial charge in [-0.3, -0.25) is 0 Å². The molecule has 0 fully saturated rings. The predicted octanol–water partition coefficient (Wildman–Crippen LogP) is 4.11. The fraction of sp³-hybridized carbons (Fsp3) is 0.200. The summed E-state index contributed by atoms with van der Waals surface area (Å²) in [5.41, 5.74) is 0. The molecule has 1 aromatic carbocycles. The van der Waals surface area contributed by atoms with E-state index >= 15 is 0 Å². The van der Waals surface area contributed by atoms with Gasteiger partial charge in [-0.1, -0.05) is 23.2 Å². The highest BCUT2D eigenvalue weighted by Crippen LogP contribution is 2.19. The molecule has 0 radical (unpaired) electrons.